The summed E-state index contributed by atoms with van der Waals surface area (Å²) in [5.41, 5.74) is 0.828. The first-order valence-electron chi connectivity index (χ1n) is 5.06. The van der Waals surface area contributed by atoms with Crippen LogP contribution in [0.3, 0.4) is 0 Å². The Kier molecular flexibility index (Phi) is 4.87. The van der Waals surface area contributed by atoms with Crippen molar-refractivity contribution in [3.63, 3.8) is 0 Å². The molecule has 4 heteroatoms. The molecule has 2 nitrogen and oxygen atoms in total. The largest absolute Gasteiger partial charge is 0.325 e. The van der Waals surface area contributed by atoms with Crippen LogP contribution >= 0.6 is 27.7 Å². The molecule has 0 unspecified atom stereocenters. The van der Waals surface area contributed by atoms with Crippen LogP contribution in [0.5, 0.6) is 0 Å². The average molecular weight is 302 g/mol. The normalized spacial score (nSPS) is 11.2. The molecule has 0 heterocycles. The van der Waals surface area contributed by atoms with E-state index in [1.165, 1.54) is 0 Å². The van der Waals surface area contributed by atoms with Crippen LogP contribution < -0.4 is 5.32 Å². The second-order valence-electron chi connectivity index (χ2n) is 4.46. The van der Waals surface area contributed by atoms with Gasteiger partial charge in [-0.1, -0.05) is 42.8 Å². The number of rotatable bonds is 3. The van der Waals surface area contributed by atoms with E-state index in [1.54, 1.807) is 11.8 Å². The fourth-order valence-electron chi connectivity index (χ4n) is 1.05. The minimum absolute atomic E-state index is 0.0398. The minimum Gasteiger partial charge on any atom is -0.325 e. The molecule has 16 heavy (non-hydrogen) atoms. The van der Waals surface area contributed by atoms with Gasteiger partial charge in [-0.3, -0.25) is 4.79 Å². The summed E-state index contributed by atoms with van der Waals surface area (Å²) >= 11 is 5.01. The molecule has 1 aromatic carbocycles. The fraction of sp³-hybridized carbons (Fsp3) is 0.417. The van der Waals surface area contributed by atoms with Gasteiger partial charge in [-0.2, -0.15) is 0 Å². The summed E-state index contributed by atoms with van der Waals surface area (Å²) in [5, 5.41) is 2.87. The van der Waals surface area contributed by atoms with Crippen molar-refractivity contribution in [3.8, 4) is 0 Å². The van der Waals surface area contributed by atoms with Gasteiger partial charge in [-0.05, 0) is 18.2 Å². The molecule has 1 rings (SSSR count). The summed E-state index contributed by atoms with van der Waals surface area (Å²) in [6.07, 6.45) is 0. The van der Waals surface area contributed by atoms with E-state index in [-0.39, 0.29) is 10.7 Å². The molecule has 1 amide bonds. The molecule has 1 N–H and O–H groups in total. The zero-order valence-corrected chi connectivity index (χ0v) is 12.1. The SMILES string of the molecule is CC(C)(C)SCC(=O)Nc1cccc(Br)c1. The maximum atomic E-state index is 11.6. The lowest BCUT2D eigenvalue weighted by atomic mass is 10.3. The highest BCUT2D eigenvalue weighted by Gasteiger charge is 2.13. The zero-order valence-electron chi connectivity index (χ0n) is 9.71. The molecular weight excluding hydrogens is 286 g/mol. The Bertz CT molecular complexity index is 374. The van der Waals surface area contributed by atoms with Gasteiger partial charge in [-0.25, -0.2) is 0 Å². The van der Waals surface area contributed by atoms with Crippen molar-refractivity contribution in [3.05, 3.63) is 28.7 Å². The van der Waals surface area contributed by atoms with Gasteiger partial charge < -0.3 is 5.32 Å². The molecule has 0 radical (unpaired) electrons. The van der Waals surface area contributed by atoms with E-state index in [0.717, 1.165) is 10.2 Å². The second kappa shape index (κ2) is 5.73. The van der Waals surface area contributed by atoms with Crippen LogP contribution in [-0.4, -0.2) is 16.4 Å². The van der Waals surface area contributed by atoms with E-state index in [4.69, 9.17) is 0 Å². The van der Waals surface area contributed by atoms with Gasteiger partial charge in [0.15, 0.2) is 0 Å². The number of carbonyl (C=O) groups is 1. The lowest BCUT2D eigenvalue weighted by molar-refractivity contribution is -0.113. The molecule has 88 valence electrons. The predicted octanol–water partition coefficient (Wildman–Crippen LogP) is 3.92. The quantitative estimate of drug-likeness (QED) is 0.917. The van der Waals surface area contributed by atoms with Crippen LogP contribution in [0, 0.1) is 0 Å². The third kappa shape index (κ3) is 5.56. The monoisotopic (exact) mass is 301 g/mol. The van der Waals surface area contributed by atoms with Crippen molar-refractivity contribution >= 4 is 39.3 Å². The number of carbonyl (C=O) groups excluding carboxylic acids is 1. The van der Waals surface area contributed by atoms with E-state index in [9.17, 15) is 4.79 Å². The third-order valence-corrected chi connectivity index (χ3v) is 3.51. The molecule has 0 fully saturated rings. The topological polar surface area (TPSA) is 29.1 Å². The molecule has 0 saturated heterocycles. The van der Waals surface area contributed by atoms with Gasteiger partial charge in [0.25, 0.3) is 0 Å². The van der Waals surface area contributed by atoms with E-state index < -0.39 is 0 Å². The molecule has 0 aromatic heterocycles. The number of benzene rings is 1. The Morgan fingerprint density at radius 3 is 2.69 bits per heavy atom. The predicted molar refractivity (Wildman–Crippen MR) is 75.0 cm³/mol. The number of halogens is 1. The van der Waals surface area contributed by atoms with Crippen molar-refractivity contribution in [1.29, 1.82) is 0 Å². The summed E-state index contributed by atoms with van der Waals surface area (Å²) in [6, 6.07) is 7.60. The van der Waals surface area contributed by atoms with E-state index in [0.29, 0.717) is 5.75 Å². The summed E-state index contributed by atoms with van der Waals surface area (Å²) in [4.78, 5) is 11.6. The lowest BCUT2D eigenvalue weighted by Crippen LogP contribution is -2.18. The number of thioether (sulfide) groups is 1. The molecular formula is C12H16BrNOS. The van der Waals surface area contributed by atoms with Gasteiger partial charge in [0.2, 0.25) is 5.91 Å². The van der Waals surface area contributed by atoms with Gasteiger partial charge in [0, 0.05) is 14.9 Å². The number of hydrogen-bond donors (Lipinski definition) is 1. The van der Waals surface area contributed by atoms with Gasteiger partial charge in [-0.15, -0.1) is 11.8 Å². The molecule has 0 aliphatic carbocycles. The standard InChI is InChI=1S/C12H16BrNOS/c1-12(2,3)16-8-11(15)14-10-6-4-5-9(13)7-10/h4-7H,8H2,1-3H3,(H,14,15). The Balaban J connectivity index is 2.46. The molecule has 0 bridgehead atoms. The van der Waals surface area contributed by atoms with E-state index in [1.807, 2.05) is 24.3 Å². The third-order valence-electron chi connectivity index (χ3n) is 1.74. The van der Waals surface area contributed by atoms with Crippen LogP contribution in [0.4, 0.5) is 5.69 Å². The van der Waals surface area contributed by atoms with E-state index >= 15 is 0 Å². The molecule has 0 saturated carbocycles. The smallest absolute Gasteiger partial charge is 0.234 e. The Morgan fingerprint density at radius 2 is 2.12 bits per heavy atom. The zero-order chi connectivity index (χ0) is 12.2. The summed E-state index contributed by atoms with van der Waals surface area (Å²) < 4.78 is 1.09. The Hall–Kier alpha value is -0.480. The Morgan fingerprint density at radius 1 is 1.44 bits per heavy atom. The summed E-state index contributed by atoms with van der Waals surface area (Å²) in [5.74, 6) is 0.522. The van der Waals surface area contributed by atoms with Crippen LogP contribution in [0.25, 0.3) is 0 Å². The average Bonchev–Trinajstić information content (AvgIpc) is 2.14. The highest BCUT2D eigenvalue weighted by atomic mass is 79.9. The molecule has 0 atom stereocenters. The highest BCUT2D eigenvalue weighted by molar-refractivity contribution is 9.10. The maximum Gasteiger partial charge on any atom is 0.234 e. The van der Waals surface area contributed by atoms with Crippen molar-refractivity contribution < 1.29 is 4.79 Å². The number of anilines is 1. The molecule has 0 aliphatic heterocycles. The minimum atomic E-state index is 0.0398. The van der Waals surface area contributed by atoms with Crippen molar-refractivity contribution in [1.82, 2.24) is 0 Å². The Labute approximate surface area is 109 Å². The maximum absolute atomic E-state index is 11.6. The van der Waals surface area contributed by atoms with Gasteiger partial charge in [0.05, 0.1) is 5.75 Å². The first-order chi connectivity index (χ1) is 7.37. The number of nitrogens with one attached hydrogen (secondary N) is 1. The van der Waals surface area contributed by atoms with Crippen molar-refractivity contribution in [2.45, 2.75) is 25.5 Å². The molecule has 0 aliphatic rings. The van der Waals surface area contributed by atoms with Gasteiger partial charge >= 0.3 is 0 Å². The first kappa shape index (κ1) is 13.6. The van der Waals surface area contributed by atoms with Gasteiger partial charge in [0.1, 0.15) is 0 Å². The fourth-order valence-corrected chi connectivity index (χ4v) is 2.08. The number of hydrogen-bond acceptors (Lipinski definition) is 2. The lowest BCUT2D eigenvalue weighted by Gasteiger charge is -2.17. The molecule has 1 aromatic rings. The van der Waals surface area contributed by atoms with Crippen LogP contribution in [-0.2, 0) is 4.79 Å². The van der Waals surface area contributed by atoms with Crippen molar-refractivity contribution in [2.24, 2.45) is 0 Å². The van der Waals surface area contributed by atoms with Crippen LogP contribution in [0.15, 0.2) is 28.7 Å². The molecule has 0 spiro atoms. The number of amides is 1. The van der Waals surface area contributed by atoms with E-state index in [2.05, 4.69) is 42.0 Å². The summed E-state index contributed by atoms with van der Waals surface area (Å²) in [7, 11) is 0. The van der Waals surface area contributed by atoms with Crippen LogP contribution in [0.1, 0.15) is 20.8 Å². The summed E-state index contributed by atoms with van der Waals surface area (Å²) in [6.45, 7) is 6.30. The van der Waals surface area contributed by atoms with Crippen molar-refractivity contribution in [2.75, 3.05) is 11.1 Å². The van der Waals surface area contributed by atoms with Crippen LogP contribution in [0.2, 0.25) is 0 Å². The first-order valence-corrected chi connectivity index (χ1v) is 6.84. The highest BCUT2D eigenvalue weighted by Crippen LogP contribution is 2.23. The second-order valence-corrected chi connectivity index (χ2v) is 7.18.